The van der Waals surface area contributed by atoms with Crippen molar-refractivity contribution >= 4 is 33.6 Å². The van der Waals surface area contributed by atoms with Crippen LogP contribution in [-0.4, -0.2) is 19.3 Å². The Balaban J connectivity index is 2.08. The molecule has 0 heterocycles. The zero-order chi connectivity index (χ0) is 15.9. The van der Waals surface area contributed by atoms with Gasteiger partial charge in [0, 0.05) is 22.3 Å². The van der Waals surface area contributed by atoms with Crippen LogP contribution in [0.1, 0.15) is 21.5 Å². The normalized spacial score (nSPS) is 10.3. The van der Waals surface area contributed by atoms with Crippen LogP contribution in [0.25, 0.3) is 0 Å². The number of halogens is 1. The van der Waals surface area contributed by atoms with Crippen molar-refractivity contribution in [2.24, 2.45) is 0 Å². The van der Waals surface area contributed by atoms with Crippen LogP contribution < -0.4 is 10.1 Å². The number of thioether (sulfide) groups is 1. The molecule has 0 aliphatic carbocycles. The predicted octanol–water partition coefficient (Wildman–Crippen LogP) is 4.25. The minimum Gasteiger partial charge on any atom is -0.497 e. The number of benzene rings is 2. The summed E-state index contributed by atoms with van der Waals surface area (Å²) in [5, 5.41) is 2.97. The molecule has 2 rings (SSSR count). The second kappa shape index (κ2) is 8.25. The van der Waals surface area contributed by atoms with Gasteiger partial charge in [-0.15, -0.1) is 0 Å². The number of hydrogen-bond donors (Lipinski definition) is 1. The number of methoxy groups -OCH3 is 1. The number of carbonyl (C=O) groups is 1. The number of carbonyl (C=O) groups excluding carboxylic acids is 1. The Morgan fingerprint density at radius 2 is 2.09 bits per heavy atom. The predicted molar refractivity (Wildman–Crippen MR) is 95.5 cm³/mol. The van der Waals surface area contributed by atoms with Crippen molar-refractivity contribution in [3.8, 4) is 5.75 Å². The molecule has 0 aromatic heterocycles. The van der Waals surface area contributed by atoms with Gasteiger partial charge in [0.25, 0.3) is 5.91 Å². The van der Waals surface area contributed by atoms with E-state index in [2.05, 4.69) is 21.2 Å². The van der Waals surface area contributed by atoms with Gasteiger partial charge in [-0.05, 0) is 47.7 Å². The largest absolute Gasteiger partial charge is 0.497 e. The van der Waals surface area contributed by atoms with Crippen LogP contribution in [-0.2, 0) is 12.3 Å². The molecule has 0 unspecified atom stereocenters. The maximum absolute atomic E-state index is 12.4. The molecule has 0 saturated heterocycles. The third kappa shape index (κ3) is 4.52. The standard InChI is InChI=1S/C17H18BrNO2S/c1-21-15-5-3-4-12(8-15)10-19-17(20)16-7-6-14(18)9-13(16)11-22-2/h3-9H,10-11H2,1-2H3,(H,19,20). The Morgan fingerprint density at radius 1 is 1.27 bits per heavy atom. The fourth-order valence-electron chi connectivity index (χ4n) is 2.12. The molecule has 5 heteroatoms. The van der Waals surface area contributed by atoms with Gasteiger partial charge in [0.15, 0.2) is 0 Å². The van der Waals surface area contributed by atoms with Gasteiger partial charge in [0.05, 0.1) is 7.11 Å². The lowest BCUT2D eigenvalue weighted by Gasteiger charge is -2.11. The first kappa shape index (κ1) is 16.9. The minimum absolute atomic E-state index is 0.0561. The van der Waals surface area contributed by atoms with E-state index in [-0.39, 0.29) is 5.91 Å². The Bertz CT molecular complexity index is 661. The second-order valence-corrected chi connectivity index (χ2v) is 6.55. The van der Waals surface area contributed by atoms with Crippen molar-refractivity contribution in [2.75, 3.05) is 13.4 Å². The van der Waals surface area contributed by atoms with E-state index in [0.29, 0.717) is 6.54 Å². The molecule has 2 aromatic rings. The average Bonchev–Trinajstić information content (AvgIpc) is 2.53. The SMILES string of the molecule is COc1cccc(CNC(=O)c2ccc(Br)cc2CSC)c1. The highest BCUT2D eigenvalue weighted by atomic mass is 79.9. The summed E-state index contributed by atoms with van der Waals surface area (Å²) in [5.74, 6) is 1.54. The molecular weight excluding hydrogens is 362 g/mol. The summed E-state index contributed by atoms with van der Waals surface area (Å²) in [5.41, 5.74) is 2.77. The van der Waals surface area contributed by atoms with Crippen molar-refractivity contribution in [3.63, 3.8) is 0 Å². The van der Waals surface area contributed by atoms with Crippen LogP contribution in [0.15, 0.2) is 46.9 Å². The molecule has 1 amide bonds. The van der Waals surface area contributed by atoms with E-state index in [1.165, 1.54) is 0 Å². The number of nitrogens with one attached hydrogen (secondary N) is 1. The monoisotopic (exact) mass is 379 g/mol. The van der Waals surface area contributed by atoms with Crippen molar-refractivity contribution in [1.29, 1.82) is 0 Å². The van der Waals surface area contributed by atoms with Crippen molar-refractivity contribution in [2.45, 2.75) is 12.3 Å². The second-order valence-electron chi connectivity index (χ2n) is 4.77. The van der Waals surface area contributed by atoms with Crippen molar-refractivity contribution in [1.82, 2.24) is 5.32 Å². The van der Waals surface area contributed by atoms with E-state index in [1.54, 1.807) is 18.9 Å². The molecule has 0 fully saturated rings. The Hall–Kier alpha value is -1.46. The first-order valence-corrected chi connectivity index (χ1v) is 9.01. The third-order valence-corrected chi connectivity index (χ3v) is 4.29. The lowest BCUT2D eigenvalue weighted by atomic mass is 10.1. The highest BCUT2D eigenvalue weighted by Gasteiger charge is 2.11. The topological polar surface area (TPSA) is 38.3 Å². The van der Waals surface area contributed by atoms with Crippen LogP contribution in [0.2, 0.25) is 0 Å². The molecular formula is C17H18BrNO2S. The molecule has 2 aromatic carbocycles. The van der Waals surface area contributed by atoms with Gasteiger partial charge in [0.1, 0.15) is 5.75 Å². The van der Waals surface area contributed by atoms with Crippen LogP contribution in [0.5, 0.6) is 5.75 Å². The lowest BCUT2D eigenvalue weighted by Crippen LogP contribution is -2.24. The van der Waals surface area contributed by atoms with Gasteiger partial charge < -0.3 is 10.1 Å². The summed E-state index contributed by atoms with van der Waals surface area (Å²) in [6.07, 6.45) is 2.03. The molecule has 0 atom stereocenters. The Labute approximate surface area is 143 Å². The smallest absolute Gasteiger partial charge is 0.251 e. The Kier molecular flexibility index (Phi) is 6.34. The van der Waals surface area contributed by atoms with E-state index in [0.717, 1.165) is 32.7 Å². The fraction of sp³-hybridized carbons (Fsp3) is 0.235. The fourth-order valence-corrected chi connectivity index (χ4v) is 3.08. The molecule has 0 aliphatic heterocycles. The summed E-state index contributed by atoms with van der Waals surface area (Å²) in [7, 11) is 1.63. The number of hydrogen-bond acceptors (Lipinski definition) is 3. The molecule has 0 bridgehead atoms. The lowest BCUT2D eigenvalue weighted by molar-refractivity contribution is 0.0950. The van der Waals surface area contributed by atoms with Crippen LogP contribution in [0.4, 0.5) is 0 Å². The zero-order valence-corrected chi connectivity index (χ0v) is 15.0. The van der Waals surface area contributed by atoms with Crippen molar-refractivity contribution in [3.05, 3.63) is 63.6 Å². The molecule has 22 heavy (non-hydrogen) atoms. The third-order valence-electron chi connectivity index (χ3n) is 3.20. The van der Waals surface area contributed by atoms with Gasteiger partial charge in [-0.2, -0.15) is 11.8 Å². The van der Waals surface area contributed by atoms with Gasteiger partial charge in [-0.3, -0.25) is 4.79 Å². The summed E-state index contributed by atoms with van der Waals surface area (Å²) < 4.78 is 6.18. The molecule has 3 nitrogen and oxygen atoms in total. The zero-order valence-electron chi connectivity index (χ0n) is 12.6. The van der Waals surface area contributed by atoms with E-state index < -0.39 is 0 Å². The molecule has 1 N–H and O–H groups in total. The number of rotatable bonds is 6. The molecule has 116 valence electrons. The maximum Gasteiger partial charge on any atom is 0.251 e. The first-order chi connectivity index (χ1) is 10.6. The molecule has 0 radical (unpaired) electrons. The number of amides is 1. The highest BCUT2D eigenvalue weighted by molar-refractivity contribution is 9.10. The summed E-state index contributed by atoms with van der Waals surface area (Å²) in [6.45, 7) is 0.477. The minimum atomic E-state index is -0.0561. The van der Waals surface area contributed by atoms with Crippen LogP contribution in [0, 0.1) is 0 Å². The summed E-state index contributed by atoms with van der Waals surface area (Å²) in [4.78, 5) is 12.4. The summed E-state index contributed by atoms with van der Waals surface area (Å²) in [6, 6.07) is 13.4. The van der Waals surface area contributed by atoms with Gasteiger partial charge in [0.2, 0.25) is 0 Å². The number of ether oxygens (including phenoxy) is 1. The van der Waals surface area contributed by atoms with Crippen molar-refractivity contribution < 1.29 is 9.53 Å². The quantitative estimate of drug-likeness (QED) is 0.814. The average molecular weight is 380 g/mol. The van der Waals surface area contributed by atoms with Gasteiger partial charge in [-0.1, -0.05) is 28.1 Å². The van der Waals surface area contributed by atoms with Crippen LogP contribution >= 0.6 is 27.7 Å². The maximum atomic E-state index is 12.4. The molecule has 0 saturated carbocycles. The Morgan fingerprint density at radius 3 is 2.82 bits per heavy atom. The molecule has 0 aliphatic rings. The highest BCUT2D eigenvalue weighted by Crippen LogP contribution is 2.21. The van der Waals surface area contributed by atoms with Gasteiger partial charge >= 0.3 is 0 Å². The van der Waals surface area contributed by atoms with E-state index >= 15 is 0 Å². The summed E-state index contributed by atoms with van der Waals surface area (Å²) >= 11 is 5.15. The first-order valence-electron chi connectivity index (χ1n) is 6.82. The molecule has 0 spiro atoms. The van der Waals surface area contributed by atoms with E-state index in [4.69, 9.17) is 4.74 Å². The van der Waals surface area contributed by atoms with Gasteiger partial charge in [-0.25, -0.2) is 0 Å². The van der Waals surface area contributed by atoms with Crippen LogP contribution in [0.3, 0.4) is 0 Å². The van der Waals surface area contributed by atoms with E-state index in [9.17, 15) is 4.79 Å². The van der Waals surface area contributed by atoms with E-state index in [1.807, 2.05) is 48.7 Å².